The van der Waals surface area contributed by atoms with Crippen molar-refractivity contribution in [1.82, 2.24) is 0 Å². The lowest BCUT2D eigenvalue weighted by atomic mass is 9.91. The Labute approximate surface area is 127 Å². The summed E-state index contributed by atoms with van der Waals surface area (Å²) in [6.07, 6.45) is 3.46. The van der Waals surface area contributed by atoms with Crippen molar-refractivity contribution in [3.05, 3.63) is 42.3 Å². The Kier molecular flexibility index (Phi) is 5.70. The van der Waals surface area contributed by atoms with Crippen LogP contribution in [0.4, 0.5) is 0 Å². The lowest BCUT2D eigenvalue weighted by Crippen LogP contribution is -2.39. The minimum absolute atomic E-state index is 0.175. The summed E-state index contributed by atoms with van der Waals surface area (Å²) in [4.78, 5) is 0. The highest BCUT2D eigenvalue weighted by Crippen LogP contribution is 2.34. The van der Waals surface area contributed by atoms with Crippen LogP contribution < -0.4 is 0 Å². The number of rotatable bonds is 7. The molecule has 1 rings (SSSR count). The molecule has 1 atom stereocenters. The molecule has 0 heterocycles. The minimum atomic E-state index is -1.58. The van der Waals surface area contributed by atoms with Gasteiger partial charge in [0, 0.05) is 0 Å². The normalized spacial score (nSPS) is 15.8. The van der Waals surface area contributed by atoms with Gasteiger partial charge in [-0.25, -0.2) is 0 Å². The van der Waals surface area contributed by atoms with Crippen molar-refractivity contribution in [2.45, 2.75) is 64.3 Å². The molecule has 0 aliphatic carbocycles. The standard InChI is InChI=1S/C17H31OSi2/c1-17(18-20(5,6)7,14-11-15-19(2,3)4)16-12-9-8-10-13-16/h8-13H,14-15H2,1-7H3/q+1. The first-order valence-corrected chi connectivity index (χ1v) is 14.7. The Bertz CT molecular complexity index is 403. The summed E-state index contributed by atoms with van der Waals surface area (Å²) in [6, 6.07) is 11.9. The van der Waals surface area contributed by atoms with E-state index >= 15 is 0 Å². The van der Waals surface area contributed by atoms with Gasteiger partial charge in [0.2, 0.25) is 0 Å². The van der Waals surface area contributed by atoms with Crippen LogP contribution in [0.3, 0.4) is 0 Å². The summed E-state index contributed by atoms with van der Waals surface area (Å²) in [5.41, 5.74) is 1.13. The lowest BCUT2D eigenvalue weighted by Gasteiger charge is -2.34. The van der Waals surface area contributed by atoms with Gasteiger partial charge in [-0.15, -0.1) is 0 Å². The molecule has 0 spiro atoms. The molecule has 112 valence electrons. The highest BCUT2D eigenvalue weighted by Gasteiger charge is 2.36. The Morgan fingerprint density at radius 1 is 1.00 bits per heavy atom. The fraction of sp³-hybridized carbons (Fsp3) is 0.588. The van der Waals surface area contributed by atoms with E-state index in [1.165, 1.54) is 11.6 Å². The zero-order chi connectivity index (χ0) is 15.4. The molecule has 3 heteroatoms. The second kappa shape index (κ2) is 6.50. The minimum Gasteiger partial charge on any atom is -0.404 e. The van der Waals surface area contributed by atoms with E-state index in [1.54, 1.807) is 0 Å². The fourth-order valence-electron chi connectivity index (χ4n) is 2.47. The van der Waals surface area contributed by atoms with Gasteiger partial charge in [0.05, 0.1) is 20.5 Å². The topological polar surface area (TPSA) is 9.23 Å². The lowest BCUT2D eigenvalue weighted by molar-refractivity contribution is 0.0777. The molecule has 0 fully saturated rings. The highest BCUT2D eigenvalue weighted by atomic mass is 28.4. The molecule has 0 saturated carbocycles. The van der Waals surface area contributed by atoms with Crippen molar-refractivity contribution < 1.29 is 4.43 Å². The second-order valence-corrected chi connectivity index (χ2v) is 18.0. The van der Waals surface area contributed by atoms with Crippen LogP contribution in [-0.2, 0) is 10.0 Å². The molecule has 1 unspecified atom stereocenters. The fourth-order valence-corrected chi connectivity index (χ4v) is 5.03. The van der Waals surface area contributed by atoms with Crippen molar-refractivity contribution in [1.29, 1.82) is 0 Å². The molecule has 0 aliphatic heterocycles. The summed E-state index contributed by atoms with van der Waals surface area (Å²) in [6.45, 7) is 16.3. The maximum absolute atomic E-state index is 6.55. The van der Waals surface area contributed by atoms with Crippen LogP contribution in [0, 0.1) is 6.42 Å². The van der Waals surface area contributed by atoms with Crippen molar-refractivity contribution in [2.75, 3.05) is 0 Å². The quantitative estimate of drug-likeness (QED) is 0.465. The molecule has 0 N–H and O–H groups in total. The van der Waals surface area contributed by atoms with Crippen LogP contribution >= 0.6 is 0 Å². The number of hydrogen-bond donors (Lipinski definition) is 0. The Balaban J connectivity index is 2.85. The van der Waals surface area contributed by atoms with Crippen molar-refractivity contribution in [3.63, 3.8) is 0 Å². The van der Waals surface area contributed by atoms with Gasteiger partial charge in [-0.3, -0.25) is 0 Å². The Hall–Kier alpha value is -0.516. The summed E-state index contributed by atoms with van der Waals surface area (Å²) in [5, 5.41) is 0. The molecular formula is C17H31OSi2+. The SMILES string of the molecule is CC(C[CH+]C[Si](C)(C)C)(O[Si](C)(C)C)c1ccccc1. The van der Waals surface area contributed by atoms with Crippen LogP contribution in [0.5, 0.6) is 0 Å². The van der Waals surface area contributed by atoms with Crippen LogP contribution in [0.25, 0.3) is 0 Å². The van der Waals surface area contributed by atoms with Crippen LogP contribution in [-0.4, -0.2) is 16.4 Å². The summed E-state index contributed by atoms with van der Waals surface area (Å²) in [7, 11) is -2.60. The van der Waals surface area contributed by atoms with E-state index in [-0.39, 0.29) is 5.60 Å². The van der Waals surface area contributed by atoms with Gasteiger partial charge in [0.15, 0.2) is 8.32 Å². The van der Waals surface area contributed by atoms with Crippen LogP contribution in [0.15, 0.2) is 30.3 Å². The van der Waals surface area contributed by atoms with Gasteiger partial charge in [-0.1, -0.05) is 50.0 Å². The van der Waals surface area contributed by atoms with E-state index in [9.17, 15) is 0 Å². The van der Waals surface area contributed by atoms with Gasteiger partial charge < -0.3 is 4.43 Å². The summed E-state index contributed by atoms with van der Waals surface area (Å²) >= 11 is 0. The largest absolute Gasteiger partial charge is 0.404 e. The van der Waals surface area contributed by atoms with E-state index in [4.69, 9.17) is 4.43 Å². The molecule has 1 aromatic rings. The van der Waals surface area contributed by atoms with E-state index in [0.717, 1.165) is 6.42 Å². The Morgan fingerprint density at radius 2 is 1.55 bits per heavy atom. The predicted octanol–water partition coefficient (Wildman–Crippen LogP) is 5.69. The van der Waals surface area contributed by atoms with Crippen LogP contribution in [0.1, 0.15) is 18.9 Å². The molecule has 0 aliphatic rings. The average molecular weight is 308 g/mol. The third-order valence-electron chi connectivity index (χ3n) is 3.21. The number of hydrogen-bond acceptors (Lipinski definition) is 1. The third kappa shape index (κ3) is 6.29. The van der Waals surface area contributed by atoms with Gasteiger partial charge in [0.1, 0.15) is 12.0 Å². The summed E-state index contributed by atoms with van der Waals surface area (Å²) in [5.74, 6) is 0. The molecule has 0 saturated heterocycles. The smallest absolute Gasteiger partial charge is 0.185 e. The van der Waals surface area contributed by atoms with E-state index in [1.807, 2.05) is 0 Å². The second-order valence-electron chi connectivity index (χ2n) is 8.07. The van der Waals surface area contributed by atoms with E-state index in [2.05, 4.69) is 83.0 Å². The third-order valence-corrected chi connectivity index (χ3v) is 5.78. The zero-order valence-corrected chi connectivity index (χ0v) is 16.3. The molecule has 0 aromatic heterocycles. The van der Waals surface area contributed by atoms with Gasteiger partial charge in [-0.05, 0) is 32.1 Å². The van der Waals surface area contributed by atoms with E-state index in [0.29, 0.717) is 0 Å². The Morgan fingerprint density at radius 3 is 2.00 bits per heavy atom. The maximum atomic E-state index is 6.55. The molecule has 20 heavy (non-hydrogen) atoms. The molecule has 1 aromatic carbocycles. The molecule has 0 radical (unpaired) electrons. The maximum Gasteiger partial charge on any atom is 0.185 e. The van der Waals surface area contributed by atoms with Gasteiger partial charge >= 0.3 is 0 Å². The predicted molar refractivity (Wildman–Crippen MR) is 95.3 cm³/mol. The first-order valence-electron chi connectivity index (χ1n) is 7.59. The average Bonchev–Trinajstić information content (AvgIpc) is 2.26. The molecule has 0 bridgehead atoms. The zero-order valence-electron chi connectivity index (χ0n) is 14.3. The van der Waals surface area contributed by atoms with Gasteiger partial charge in [0.25, 0.3) is 0 Å². The first-order chi connectivity index (χ1) is 9.02. The molecular weight excluding hydrogens is 276 g/mol. The first kappa shape index (κ1) is 17.5. The van der Waals surface area contributed by atoms with E-state index < -0.39 is 16.4 Å². The van der Waals surface area contributed by atoms with Crippen molar-refractivity contribution in [2.24, 2.45) is 0 Å². The summed E-state index contributed by atoms with van der Waals surface area (Å²) < 4.78 is 6.55. The highest BCUT2D eigenvalue weighted by molar-refractivity contribution is 6.76. The van der Waals surface area contributed by atoms with Crippen molar-refractivity contribution in [3.8, 4) is 0 Å². The van der Waals surface area contributed by atoms with Crippen molar-refractivity contribution >= 4 is 16.4 Å². The van der Waals surface area contributed by atoms with Gasteiger partial charge in [-0.2, -0.15) is 0 Å². The van der Waals surface area contributed by atoms with Crippen LogP contribution in [0.2, 0.25) is 45.3 Å². The molecule has 0 amide bonds. The number of benzene rings is 1. The molecule has 1 nitrogen and oxygen atoms in total. The monoisotopic (exact) mass is 307 g/mol.